The Balaban J connectivity index is 1.60. The van der Waals surface area contributed by atoms with E-state index in [-0.39, 0.29) is 28.7 Å². The Morgan fingerprint density at radius 2 is 1.88 bits per heavy atom. The molecule has 0 saturated heterocycles. The van der Waals surface area contributed by atoms with Crippen LogP contribution in [0.3, 0.4) is 0 Å². The van der Waals surface area contributed by atoms with Crippen LogP contribution in [0.1, 0.15) is 27.0 Å². The van der Waals surface area contributed by atoms with E-state index >= 15 is 0 Å². The molecule has 0 atom stereocenters. The van der Waals surface area contributed by atoms with Crippen molar-refractivity contribution in [1.29, 1.82) is 0 Å². The van der Waals surface area contributed by atoms with Gasteiger partial charge in [0.15, 0.2) is 5.76 Å². The maximum Gasteiger partial charge on any atom is 0.232 e. The number of ketones is 1. The van der Waals surface area contributed by atoms with Crippen LogP contribution in [-0.2, 0) is 6.61 Å². The molecule has 3 aromatic carbocycles. The summed E-state index contributed by atoms with van der Waals surface area (Å²) in [5, 5.41) is 0.285. The van der Waals surface area contributed by atoms with Gasteiger partial charge in [-0.2, -0.15) is 0 Å². The van der Waals surface area contributed by atoms with Gasteiger partial charge in [-0.1, -0.05) is 17.7 Å². The minimum absolute atomic E-state index is 0.0522. The Morgan fingerprint density at radius 1 is 1.06 bits per heavy atom. The molecule has 32 heavy (non-hydrogen) atoms. The molecule has 0 aliphatic carbocycles. The van der Waals surface area contributed by atoms with E-state index in [4.69, 9.17) is 30.5 Å². The minimum Gasteiger partial charge on any atom is -0.497 e. The minimum atomic E-state index is -0.444. The van der Waals surface area contributed by atoms with Gasteiger partial charge in [-0.05, 0) is 48.9 Å². The lowest BCUT2D eigenvalue weighted by atomic mass is 10.0. The summed E-state index contributed by atoms with van der Waals surface area (Å²) >= 11 is 6.06. The molecule has 7 heteroatoms. The Hall–Kier alpha value is -3.51. The topological polar surface area (TPSA) is 54.0 Å². The van der Waals surface area contributed by atoms with Crippen LogP contribution in [0.15, 0.2) is 54.3 Å². The van der Waals surface area contributed by atoms with E-state index in [1.54, 1.807) is 63.6 Å². The molecule has 0 radical (unpaired) electrons. The summed E-state index contributed by atoms with van der Waals surface area (Å²) in [4.78, 5) is 13.0. The van der Waals surface area contributed by atoms with Crippen LogP contribution >= 0.6 is 11.6 Å². The summed E-state index contributed by atoms with van der Waals surface area (Å²) < 4.78 is 36.2. The molecule has 3 aromatic rings. The van der Waals surface area contributed by atoms with Gasteiger partial charge in [0.2, 0.25) is 5.78 Å². The third kappa shape index (κ3) is 4.14. The van der Waals surface area contributed by atoms with E-state index in [0.717, 1.165) is 0 Å². The zero-order valence-electron chi connectivity index (χ0n) is 17.7. The van der Waals surface area contributed by atoms with Gasteiger partial charge in [-0.15, -0.1) is 0 Å². The number of benzene rings is 3. The quantitative estimate of drug-likeness (QED) is 0.427. The number of rotatable bonds is 6. The van der Waals surface area contributed by atoms with Crippen molar-refractivity contribution in [3.63, 3.8) is 0 Å². The second-order valence-electron chi connectivity index (χ2n) is 7.15. The zero-order chi connectivity index (χ0) is 22.8. The molecule has 0 spiro atoms. The highest BCUT2D eigenvalue weighted by atomic mass is 35.5. The first-order valence-electron chi connectivity index (χ1n) is 9.78. The summed E-state index contributed by atoms with van der Waals surface area (Å²) in [7, 11) is 3.11. The Bertz CT molecular complexity index is 1210. The van der Waals surface area contributed by atoms with E-state index in [9.17, 15) is 9.18 Å². The average molecular weight is 455 g/mol. The molecule has 0 saturated carbocycles. The van der Waals surface area contributed by atoms with Crippen molar-refractivity contribution in [3.8, 4) is 23.0 Å². The molecule has 4 rings (SSSR count). The number of hydrogen-bond donors (Lipinski definition) is 0. The van der Waals surface area contributed by atoms with Crippen molar-refractivity contribution in [1.82, 2.24) is 0 Å². The maximum absolute atomic E-state index is 14.0. The van der Waals surface area contributed by atoms with Crippen molar-refractivity contribution in [2.45, 2.75) is 13.5 Å². The van der Waals surface area contributed by atoms with Crippen molar-refractivity contribution >= 4 is 23.5 Å². The molecular weight excluding hydrogens is 435 g/mol. The summed E-state index contributed by atoms with van der Waals surface area (Å²) in [6.07, 6.45) is 1.62. The smallest absolute Gasteiger partial charge is 0.232 e. The van der Waals surface area contributed by atoms with E-state index in [2.05, 4.69) is 0 Å². The van der Waals surface area contributed by atoms with E-state index in [1.807, 2.05) is 0 Å². The molecule has 5 nitrogen and oxygen atoms in total. The van der Waals surface area contributed by atoms with Gasteiger partial charge in [-0.3, -0.25) is 4.79 Å². The Kier molecular flexibility index (Phi) is 6.06. The number of carbonyl (C=O) groups is 1. The predicted molar refractivity (Wildman–Crippen MR) is 119 cm³/mol. The van der Waals surface area contributed by atoms with Crippen LogP contribution in [0.4, 0.5) is 4.39 Å². The predicted octanol–water partition coefficient (Wildman–Crippen LogP) is 6.00. The normalized spacial score (nSPS) is 13.7. The first-order valence-corrected chi connectivity index (χ1v) is 10.2. The number of methoxy groups -OCH3 is 2. The SMILES string of the molecule is COc1ccc(/C=C2\Oc3cc(OCc4c(F)cccc4Cl)cc(C)c3C2=O)c(OC)c1. The average Bonchev–Trinajstić information content (AvgIpc) is 3.09. The first-order chi connectivity index (χ1) is 15.4. The second-order valence-corrected chi connectivity index (χ2v) is 7.56. The van der Waals surface area contributed by atoms with Crippen molar-refractivity contribution in [2.24, 2.45) is 0 Å². The standard InChI is InChI=1S/C25H20ClFO5/c1-14-9-17(31-13-18-19(26)5-4-6-20(18)27)12-22-24(14)25(28)23(32-22)10-15-7-8-16(29-2)11-21(15)30-3/h4-12H,13H2,1-3H3/b23-10-. The number of Topliss-reactive ketones (excluding diaryl/α,β-unsaturated/α-hetero) is 1. The maximum atomic E-state index is 14.0. The van der Waals surface area contributed by atoms with Crippen molar-refractivity contribution < 1.29 is 28.1 Å². The molecule has 0 aromatic heterocycles. The molecule has 0 N–H and O–H groups in total. The van der Waals surface area contributed by atoms with Gasteiger partial charge in [0, 0.05) is 23.3 Å². The zero-order valence-corrected chi connectivity index (χ0v) is 18.5. The summed E-state index contributed by atoms with van der Waals surface area (Å²) in [5.41, 5.74) is 2.08. The molecule has 0 amide bonds. The number of fused-ring (bicyclic) bond motifs is 1. The van der Waals surface area contributed by atoms with Crippen LogP contribution in [0.5, 0.6) is 23.0 Å². The van der Waals surface area contributed by atoms with E-state index in [0.29, 0.717) is 39.7 Å². The molecular formula is C25H20ClFO5. The summed E-state index contributed by atoms with van der Waals surface area (Å²) in [6, 6.07) is 13.1. The highest BCUT2D eigenvalue weighted by molar-refractivity contribution is 6.31. The Labute approximate surface area is 189 Å². The third-order valence-electron chi connectivity index (χ3n) is 5.12. The lowest BCUT2D eigenvalue weighted by Gasteiger charge is -2.11. The number of halogens is 2. The molecule has 0 unspecified atom stereocenters. The van der Waals surface area contributed by atoms with Gasteiger partial charge in [0.25, 0.3) is 0 Å². The number of ether oxygens (including phenoxy) is 4. The largest absolute Gasteiger partial charge is 0.497 e. The number of aryl methyl sites for hydroxylation is 1. The van der Waals surface area contributed by atoms with Crippen molar-refractivity contribution in [3.05, 3.63) is 87.4 Å². The van der Waals surface area contributed by atoms with Crippen LogP contribution in [-0.4, -0.2) is 20.0 Å². The van der Waals surface area contributed by atoms with Gasteiger partial charge >= 0.3 is 0 Å². The van der Waals surface area contributed by atoms with Crippen LogP contribution in [0, 0.1) is 12.7 Å². The first kappa shape index (κ1) is 21.7. The molecule has 1 aliphatic rings. The third-order valence-corrected chi connectivity index (χ3v) is 5.47. The monoisotopic (exact) mass is 454 g/mol. The van der Waals surface area contributed by atoms with Crippen LogP contribution < -0.4 is 18.9 Å². The summed E-state index contributed by atoms with van der Waals surface area (Å²) in [5.74, 6) is 1.49. The van der Waals surface area contributed by atoms with Crippen LogP contribution in [0.25, 0.3) is 6.08 Å². The number of hydrogen-bond acceptors (Lipinski definition) is 5. The van der Waals surface area contributed by atoms with Crippen LogP contribution in [0.2, 0.25) is 5.02 Å². The highest BCUT2D eigenvalue weighted by Gasteiger charge is 2.30. The summed E-state index contributed by atoms with van der Waals surface area (Å²) in [6.45, 7) is 1.74. The van der Waals surface area contributed by atoms with E-state index < -0.39 is 5.82 Å². The van der Waals surface area contributed by atoms with Gasteiger partial charge in [-0.25, -0.2) is 4.39 Å². The van der Waals surface area contributed by atoms with Gasteiger partial charge in [0.1, 0.15) is 35.4 Å². The van der Waals surface area contributed by atoms with Gasteiger partial charge in [0.05, 0.1) is 24.8 Å². The molecule has 1 heterocycles. The molecule has 0 bridgehead atoms. The fourth-order valence-electron chi connectivity index (χ4n) is 3.47. The lowest BCUT2D eigenvalue weighted by Crippen LogP contribution is -2.01. The lowest BCUT2D eigenvalue weighted by molar-refractivity contribution is 0.101. The number of allylic oxidation sites excluding steroid dienone is 1. The molecule has 0 fully saturated rings. The van der Waals surface area contributed by atoms with Crippen molar-refractivity contribution in [2.75, 3.05) is 14.2 Å². The second kappa shape index (κ2) is 8.93. The highest BCUT2D eigenvalue weighted by Crippen LogP contribution is 2.39. The van der Waals surface area contributed by atoms with E-state index in [1.165, 1.54) is 12.1 Å². The van der Waals surface area contributed by atoms with Gasteiger partial charge < -0.3 is 18.9 Å². The fraction of sp³-hybridized carbons (Fsp3) is 0.160. The molecule has 1 aliphatic heterocycles. The fourth-order valence-corrected chi connectivity index (χ4v) is 3.68. The molecule has 164 valence electrons. The Morgan fingerprint density at radius 3 is 2.59 bits per heavy atom. The number of carbonyl (C=O) groups excluding carboxylic acids is 1.